The number of fused-ring (bicyclic) bond motifs is 1. The number of anilines is 2. The zero-order valence-electron chi connectivity index (χ0n) is 29.7. The van der Waals surface area contributed by atoms with Crippen molar-refractivity contribution in [1.29, 1.82) is 0 Å². The SMILES string of the molecule is CC(C)(C(=O)NCCn1ccc2ncnc(Nc3ccc(Oc4cccc(Cl)c4)c(Cl)c3)c21)S(C)(=O)=O.CC(C)=O.Cc1ccc(S(=O)(=O)O)cc1.O. The van der Waals surface area contributed by atoms with Gasteiger partial charge in [-0.1, -0.05) is 47.0 Å². The average molecular weight is 811 g/mol. The lowest BCUT2D eigenvalue weighted by Crippen LogP contribution is -2.48. The van der Waals surface area contributed by atoms with Crippen LogP contribution in [0.2, 0.25) is 10.0 Å². The largest absolute Gasteiger partial charge is 0.456 e. The van der Waals surface area contributed by atoms with Gasteiger partial charge in [0.05, 0.1) is 15.4 Å². The molecule has 5 aromatic rings. The maximum atomic E-state index is 12.4. The van der Waals surface area contributed by atoms with Gasteiger partial charge < -0.3 is 30.2 Å². The minimum Gasteiger partial charge on any atom is -0.456 e. The zero-order valence-corrected chi connectivity index (χ0v) is 32.9. The van der Waals surface area contributed by atoms with Gasteiger partial charge in [0, 0.05) is 36.3 Å². The number of hydrogen-bond donors (Lipinski definition) is 3. The van der Waals surface area contributed by atoms with E-state index in [1.807, 2.05) is 23.8 Å². The van der Waals surface area contributed by atoms with E-state index >= 15 is 0 Å². The summed E-state index contributed by atoms with van der Waals surface area (Å²) in [5, 5.41) is 6.90. The van der Waals surface area contributed by atoms with Crippen LogP contribution in [-0.2, 0) is 36.1 Å². The molecule has 18 heteroatoms. The van der Waals surface area contributed by atoms with Gasteiger partial charge in [-0.2, -0.15) is 8.42 Å². The predicted octanol–water partition coefficient (Wildman–Crippen LogP) is 6.23. The molecule has 0 atom stereocenters. The highest BCUT2D eigenvalue weighted by atomic mass is 35.5. The van der Waals surface area contributed by atoms with Crippen LogP contribution in [0.4, 0.5) is 11.5 Å². The second-order valence-corrected chi connectivity index (χ2v) is 16.9. The smallest absolute Gasteiger partial charge is 0.294 e. The van der Waals surface area contributed by atoms with Crippen LogP contribution in [0.15, 0.2) is 90.2 Å². The molecule has 14 nitrogen and oxygen atoms in total. The van der Waals surface area contributed by atoms with Crippen molar-refractivity contribution < 1.29 is 41.2 Å². The van der Waals surface area contributed by atoms with Crippen molar-refractivity contribution in [3.05, 3.63) is 101 Å². The Kier molecular flexibility index (Phi) is 15.9. The van der Waals surface area contributed by atoms with E-state index in [-0.39, 0.29) is 22.7 Å². The maximum Gasteiger partial charge on any atom is 0.294 e. The standard InChI is InChI=1S/C25H25Cl2N5O4S.C7H8O3S.C3H6O.H2O/c1-25(2,37(3,34)35)24(33)28-10-12-32-11-9-20-22(32)23(30-15-29-20)31-17-7-8-21(19(27)14-17)36-18-6-4-5-16(26)13-18;1-6-2-4-7(5-3-6)11(8,9)10;1-3(2)4;/h4-9,11,13-15H,10,12H2,1-3H3,(H,28,33)(H,29,30,31);2-5H,1H3,(H,8,9,10);1-2H3;1H2. The summed E-state index contributed by atoms with van der Waals surface area (Å²) in [5.41, 5.74) is 3.05. The number of ketones is 1. The molecule has 3 aromatic carbocycles. The number of Topliss-reactive ketones (excluding diaryl/α,β-unsaturated/α-hetero) is 1. The van der Waals surface area contributed by atoms with Gasteiger partial charge in [0.15, 0.2) is 15.7 Å². The van der Waals surface area contributed by atoms with E-state index in [4.69, 9.17) is 32.5 Å². The molecule has 0 saturated heterocycles. The number of ether oxygens (including phenoxy) is 1. The van der Waals surface area contributed by atoms with E-state index in [1.165, 1.54) is 46.2 Å². The highest BCUT2D eigenvalue weighted by molar-refractivity contribution is 7.92. The quantitative estimate of drug-likeness (QED) is 0.134. The predicted molar refractivity (Wildman–Crippen MR) is 207 cm³/mol. The van der Waals surface area contributed by atoms with Crippen molar-refractivity contribution in [3.63, 3.8) is 0 Å². The van der Waals surface area contributed by atoms with Gasteiger partial charge in [-0.15, -0.1) is 0 Å². The molecule has 0 bridgehead atoms. The Balaban J connectivity index is 0.000000508. The van der Waals surface area contributed by atoms with Crippen LogP contribution in [0.25, 0.3) is 11.0 Å². The van der Waals surface area contributed by atoms with Gasteiger partial charge >= 0.3 is 0 Å². The van der Waals surface area contributed by atoms with Crippen LogP contribution >= 0.6 is 23.2 Å². The molecule has 0 aliphatic carbocycles. The first-order valence-electron chi connectivity index (χ1n) is 15.5. The summed E-state index contributed by atoms with van der Waals surface area (Å²) >= 11 is 12.5. The molecule has 0 unspecified atom stereocenters. The van der Waals surface area contributed by atoms with Gasteiger partial charge in [0.1, 0.15) is 33.9 Å². The van der Waals surface area contributed by atoms with E-state index in [1.54, 1.807) is 54.6 Å². The van der Waals surface area contributed by atoms with Crippen molar-refractivity contribution in [3.8, 4) is 11.5 Å². The summed E-state index contributed by atoms with van der Waals surface area (Å²) in [6, 6.07) is 20.1. The molecule has 2 aromatic heterocycles. The highest BCUT2D eigenvalue weighted by Crippen LogP contribution is 2.34. The topological polar surface area (TPSA) is 218 Å². The third kappa shape index (κ3) is 13.1. The van der Waals surface area contributed by atoms with Crippen molar-refractivity contribution in [1.82, 2.24) is 19.9 Å². The highest BCUT2D eigenvalue weighted by Gasteiger charge is 2.38. The van der Waals surface area contributed by atoms with Crippen molar-refractivity contribution in [2.75, 3.05) is 18.1 Å². The third-order valence-corrected chi connectivity index (χ3v) is 10.6. The van der Waals surface area contributed by atoms with E-state index in [0.29, 0.717) is 45.1 Å². The molecule has 0 aliphatic heterocycles. The van der Waals surface area contributed by atoms with Crippen LogP contribution in [-0.4, -0.2) is 70.6 Å². The summed E-state index contributed by atoms with van der Waals surface area (Å²) in [6.45, 7) is 8.26. The number of benzene rings is 3. The van der Waals surface area contributed by atoms with E-state index in [0.717, 1.165) is 17.3 Å². The second-order valence-electron chi connectivity index (χ2n) is 12.0. The summed E-state index contributed by atoms with van der Waals surface area (Å²) in [6.07, 6.45) is 4.32. The second kappa shape index (κ2) is 19.0. The minimum absolute atomic E-state index is 0. The molecule has 0 saturated carbocycles. The fourth-order valence-corrected chi connectivity index (χ4v) is 5.44. The fourth-order valence-electron chi connectivity index (χ4n) is 4.15. The first-order valence-corrected chi connectivity index (χ1v) is 19.6. The summed E-state index contributed by atoms with van der Waals surface area (Å²) in [5.74, 6) is 1.18. The Hall–Kier alpha value is -4.58. The van der Waals surface area contributed by atoms with Crippen molar-refractivity contribution in [2.45, 2.75) is 50.8 Å². The molecule has 1 amide bonds. The van der Waals surface area contributed by atoms with Crippen molar-refractivity contribution in [2.24, 2.45) is 0 Å². The van der Waals surface area contributed by atoms with Gasteiger partial charge in [0.2, 0.25) is 5.91 Å². The normalized spacial score (nSPS) is 11.2. The molecule has 5 N–H and O–H groups in total. The number of aryl methyl sites for hydroxylation is 1. The molecule has 53 heavy (non-hydrogen) atoms. The number of halogens is 2. The number of aromatic nitrogens is 3. The van der Waals surface area contributed by atoms with E-state index in [2.05, 4.69) is 20.6 Å². The van der Waals surface area contributed by atoms with Crippen LogP contribution in [0.1, 0.15) is 33.3 Å². The van der Waals surface area contributed by atoms with E-state index in [9.17, 15) is 26.4 Å². The molecule has 5 rings (SSSR count). The Morgan fingerprint density at radius 2 is 1.58 bits per heavy atom. The molecule has 0 aliphatic rings. The summed E-state index contributed by atoms with van der Waals surface area (Å²) in [4.78, 5) is 30.5. The number of sulfone groups is 1. The number of carbonyl (C=O) groups is 2. The average Bonchev–Trinajstić information content (AvgIpc) is 3.45. The third-order valence-electron chi connectivity index (χ3n) is 7.20. The van der Waals surface area contributed by atoms with E-state index < -0.39 is 30.6 Å². The number of nitrogens with one attached hydrogen (secondary N) is 2. The summed E-state index contributed by atoms with van der Waals surface area (Å²) in [7, 11) is -7.58. The Morgan fingerprint density at radius 3 is 2.15 bits per heavy atom. The molecule has 0 radical (unpaired) electrons. The minimum atomic E-state index is -4.02. The van der Waals surface area contributed by atoms with Crippen LogP contribution in [0.3, 0.4) is 0 Å². The monoisotopic (exact) mass is 809 g/mol. The first-order chi connectivity index (χ1) is 24.2. The van der Waals surface area contributed by atoms with Crippen LogP contribution in [0.5, 0.6) is 11.5 Å². The van der Waals surface area contributed by atoms with Gasteiger partial charge in [-0.05, 0) is 89.2 Å². The van der Waals surface area contributed by atoms with Gasteiger partial charge in [-0.3, -0.25) is 9.35 Å². The number of nitrogens with zero attached hydrogens (tertiary/aromatic N) is 3. The van der Waals surface area contributed by atoms with Gasteiger partial charge in [-0.25, -0.2) is 18.4 Å². The lowest BCUT2D eigenvalue weighted by Gasteiger charge is -2.21. The Labute approximate surface area is 318 Å². The summed E-state index contributed by atoms with van der Waals surface area (Å²) < 4.78 is 59.6. The molecular formula is C35H41Cl2N5O9S2. The number of rotatable bonds is 10. The molecular weight excluding hydrogens is 769 g/mol. The lowest BCUT2D eigenvalue weighted by molar-refractivity contribution is -0.122. The lowest BCUT2D eigenvalue weighted by atomic mass is 10.2. The fraction of sp³-hybridized carbons (Fsp3) is 0.257. The first kappa shape index (κ1) is 44.6. The van der Waals surface area contributed by atoms with Crippen molar-refractivity contribution >= 4 is 77.4 Å². The van der Waals surface area contributed by atoms with Gasteiger partial charge in [0.25, 0.3) is 10.1 Å². The number of hydrogen-bond acceptors (Lipinski definition) is 10. The molecule has 2 heterocycles. The molecule has 0 fully saturated rings. The molecule has 0 spiro atoms. The van der Waals surface area contributed by atoms with Crippen LogP contribution < -0.4 is 15.4 Å². The number of amides is 1. The molecule has 286 valence electrons. The van der Waals surface area contributed by atoms with Crippen LogP contribution in [0, 0.1) is 6.92 Å². The zero-order chi connectivity index (χ0) is 38.9. The number of carbonyl (C=O) groups excluding carboxylic acids is 2. The Bertz CT molecular complexity index is 2260. The Morgan fingerprint density at radius 1 is 0.943 bits per heavy atom. The maximum absolute atomic E-state index is 12.4.